The molecule has 0 amide bonds. The van der Waals surface area contributed by atoms with Gasteiger partial charge in [0.05, 0.1) is 22.5 Å². The van der Waals surface area contributed by atoms with E-state index in [0.29, 0.717) is 17.0 Å². The van der Waals surface area contributed by atoms with Crippen molar-refractivity contribution in [2.45, 2.75) is 32.1 Å². The number of aromatic nitrogens is 2. The highest BCUT2D eigenvalue weighted by Crippen LogP contribution is 2.50. The van der Waals surface area contributed by atoms with Crippen LogP contribution in [0.4, 0.5) is 5.69 Å². The SMILES string of the molecule is CC(C)(C)c1[nH]nc2c1C(c1cc3c(cc1[N+](=O)[O-])OCO3)C(C#N)=C(N)O2. The van der Waals surface area contributed by atoms with Crippen LogP contribution in [0.25, 0.3) is 0 Å². The zero-order chi connectivity index (χ0) is 20.2. The number of hydrogen-bond donors (Lipinski definition) is 2. The Bertz CT molecular complexity index is 1070. The largest absolute Gasteiger partial charge is 0.454 e. The number of nitriles is 1. The molecule has 2 aromatic rings. The van der Waals surface area contributed by atoms with Crippen LogP contribution in [0.3, 0.4) is 0 Å². The fourth-order valence-electron chi connectivity index (χ4n) is 3.46. The molecule has 144 valence electrons. The summed E-state index contributed by atoms with van der Waals surface area (Å²) in [7, 11) is 0. The maximum absolute atomic E-state index is 11.8. The Morgan fingerprint density at radius 3 is 2.64 bits per heavy atom. The van der Waals surface area contributed by atoms with E-state index in [1.54, 1.807) is 0 Å². The van der Waals surface area contributed by atoms with Crippen molar-refractivity contribution < 1.29 is 19.1 Å². The smallest absolute Gasteiger partial charge is 0.277 e. The Kier molecular flexibility index (Phi) is 3.71. The summed E-state index contributed by atoms with van der Waals surface area (Å²) in [5.74, 6) is -0.138. The van der Waals surface area contributed by atoms with Gasteiger partial charge >= 0.3 is 0 Å². The van der Waals surface area contributed by atoms with Crippen LogP contribution in [0.2, 0.25) is 0 Å². The summed E-state index contributed by atoms with van der Waals surface area (Å²) in [6.07, 6.45) is 0. The molecule has 0 spiro atoms. The van der Waals surface area contributed by atoms with Crippen molar-refractivity contribution in [3.05, 3.63) is 50.5 Å². The van der Waals surface area contributed by atoms with Gasteiger partial charge in [-0.15, -0.1) is 5.10 Å². The fourth-order valence-corrected chi connectivity index (χ4v) is 3.46. The number of benzene rings is 1. The first kappa shape index (κ1) is 17.7. The summed E-state index contributed by atoms with van der Waals surface area (Å²) >= 11 is 0. The number of nitrogens with zero attached hydrogens (tertiary/aromatic N) is 3. The van der Waals surface area contributed by atoms with Crippen molar-refractivity contribution in [3.8, 4) is 23.4 Å². The molecule has 4 rings (SSSR count). The van der Waals surface area contributed by atoms with Crippen molar-refractivity contribution >= 4 is 5.69 Å². The van der Waals surface area contributed by atoms with Gasteiger partial charge < -0.3 is 19.9 Å². The number of aromatic amines is 1. The van der Waals surface area contributed by atoms with E-state index >= 15 is 0 Å². The molecule has 3 N–H and O–H groups in total. The molecule has 1 aromatic carbocycles. The van der Waals surface area contributed by atoms with Gasteiger partial charge in [-0.3, -0.25) is 15.2 Å². The summed E-state index contributed by atoms with van der Waals surface area (Å²) < 4.78 is 16.2. The minimum absolute atomic E-state index is 0.0307. The van der Waals surface area contributed by atoms with Gasteiger partial charge in [0.1, 0.15) is 11.6 Å². The molecule has 1 unspecified atom stereocenters. The van der Waals surface area contributed by atoms with E-state index in [1.165, 1.54) is 12.1 Å². The fraction of sp³-hybridized carbons (Fsp3) is 0.333. The Hall–Kier alpha value is -3.74. The molecule has 10 heteroatoms. The molecular weight excluding hydrogens is 366 g/mol. The van der Waals surface area contributed by atoms with Crippen LogP contribution in [0.15, 0.2) is 23.6 Å². The second kappa shape index (κ2) is 5.88. The molecule has 28 heavy (non-hydrogen) atoms. The highest BCUT2D eigenvalue weighted by molar-refractivity contribution is 5.64. The van der Waals surface area contributed by atoms with Crippen molar-refractivity contribution in [1.29, 1.82) is 5.26 Å². The lowest BCUT2D eigenvalue weighted by molar-refractivity contribution is -0.385. The minimum atomic E-state index is -0.836. The molecule has 3 heterocycles. The first-order chi connectivity index (χ1) is 13.2. The average Bonchev–Trinajstić information content (AvgIpc) is 3.24. The first-order valence-corrected chi connectivity index (χ1v) is 8.46. The quantitative estimate of drug-likeness (QED) is 0.593. The third-order valence-corrected chi connectivity index (χ3v) is 4.72. The molecule has 0 radical (unpaired) electrons. The van der Waals surface area contributed by atoms with Gasteiger partial charge in [0.2, 0.25) is 18.6 Å². The zero-order valence-electron chi connectivity index (χ0n) is 15.4. The summed E-state index contributed by atoms with van der Waals surface area (Å²) in [6, 6.07) is 4.86. The van der Waals surface area contributed by atoms with Crippen molar-refractivity contribution in [3.63, 3.8) is 0 Å². The van der Waals surface area contributed by atoms with Crippen LogP contribution in [0.1, 0.15) is 43.5 Å². The van der Waals surface area contributed by atoms with Crippen LogP contribution in [-0.4, -0.2) is 21.9 Å². The number of nitro benzene ring substituents is 1. The molecule has 0 bridgehead atoms. The van der Waals surface area contributed by atoms with Gasteiger partial charge in [-0.2, -0.15) is 5.26 Å². The molecule has 1 aromatic heterocycles. The van der Waals surface area contributed by atoms with Crippen LogP contribution < -0.4 is 19.9 Å². The predicted octanol–water partition coefficient (Wildman–Crippen LogP) is 2.56. The third kappa shape index (κ3) is 2.51. The topological polar surface area (TPSA) is 149 Å². The van der Waals surface area contributed by atoms with E-state index in [2.05, 4.69) is 10.2 Å². The molecule has 0 aliphatic carbocycles. The van der Waals surface area contributed by atoms with Crippen molar-refractivity contribution in [2.24, 2.45) is 5.73 Å². The van der Waals surface area contributed by atoms with E-state index in [4.69, 9.17) is 19.9 Å². The summed E-state index contributed by atoms with van der Waals surface area (Å²) in [5, 5.41) is 28.6. The van der Waals surface area contributed by atoms with E-state index < -0.39 is 10.8 Å². The number of fused-ring (bicyclic) bond motifs is 2. The molecule has 0 saturated carbocycles. The normalized spacial score (nSPS) is 17.7. The monoisotopic (exact) mass is 383 g/mol. The van der Waals surface area contributed by atoms with Crippen molar-refractivity contribution in [1.82, 2.24) is 10.2 Å². The van der Waals surface area contributed by atoms with Crippen LogP contribution >= 0.6 is 0 Å². The van der Waals surface area contributed by atoms with Gasteiger partial charge in [-0.25, -0.2) is 0 Å². The maximum atomic E-state index is 11.8. The van der Waals surface area contributed by atoms with Gasteiger partial charge in [0, 0.05) is 16.7 Å². The van der Waals surface area contributed by atoms with Crippen LogP contribution in [-0.2, 0) is 5.41 Å². The number of nitrogens with two attached hydrogens (primary N) is 1. The number of hydrogen-bond acceptors (Lipinski definition) is 8. The Balaban J connectivity index is 2.04. The van der Waals surface area contributed by atoms with Gasteiger partial charge in [0.25, 0.3) is 5.69 Å². The number of nitro groups is 1. The molecule has 0 saturated heterocycles. The van der Waals surface area contributed by atoms with E-state index in [1.807, 2.05) is 26.8 Å². The number of allylic oxidation sites excluding steroid dienone is 1. The lowest BCUT2D eigenvalue weighted by Crippen LogP contribution is -2.24. The minimum Gasteiger partial charge on any atom is -0.454 e. The van der Waals surface area contributed by atoms with Gasteiger partial charge in [-0.05, 0) is 6.07 Å². The second-order valence-electron chi connectivity index (χ2n) is 7.51. The predicted molar refractivity (Wildman–Crippen MR) is 95.8 cm³/mol. The van der Waals surface area contributed by atoms with E-state index in [0.717, 1.165) is 0 Å². The highest BCUT2D eigenvalue weighted by Gasteiger charge is 2.41. The van der Waals surface area contributed by atoms with Crippen LogP contribution in [0.5, 0.6) is 17.4 Å². The highest BCUT2D eigenvalue weighted by atomic mass is 16.7. The lowest BCUT2D eigenvalue weighted by Gasteiger charge is -2.27. The summed E-state index contributed by atoms with van der Waals surface area (Å²) in [5.41, 5.74) is 6.91. The molecule has 1 atom stereocenters. The van der Waals surface area contributed by atoms with E-state index in [-0.39, 0.29) is 46.5 Å². The third-order valence-electron chi connectivity index (χ3n) is 4.72. The van der Waals surface area contributed by atoms with Gasteiger partial charge in [0.15, 0.2) is 11.5 Å². The standard InChI is InChI=1S/C18H17N5O5/c1-18(2,3)15-14-13(9(6-19)16(20)28-17(14)22-21-15)8-4-11-12(27-7-26-11)5-10(8)23(24)25/h4-5,13H,7,20H2,1-3H3,(H,21,22). The number of ether oxygens (including phenoxy) is 3. The summed E-state index contributed by atoms with van der Waals surface area (Å²) in [6.45, 7) is 5.84. The molecule has 2 aliphatic heterocycles. The van der Waals surface area contributed by atoms with Gasteiger partial charge in [-0.1, -0.05) is 20.8 Å². The summed E-state index contributed by atoms with van der Waals surface area (Å²) in [4.78, 5) is 11.3. The number of H-pyrrole nitrogens is 1. The average molecular weight is 383 g/mol. The first-order valence-electron chi connectivity index (χ1n) is 8.46. The number of nitrogens with one attached hydrogen (secondary N) is 1. The zero-order valence-corrected chi connectivity index (χ0v) is 15.4. The second-order valence-corrected chi connectivity index (χ2v) is 7.51. The maximum Gasteiger partial charge on any atom is 0.277 e. The van der Waals surface area contributed by atoms with E-state index in [9.17, 15) is 15.4 Å². The van der Waals surface area contributed by atoms with Crippen molar-refractivity contribution in [2.75, 3.05) is 6.79 Å². The Morgan fingerprint density at radius 1 is 1.36 bits per heavy atom. The molecule has 0 fully saturated rings. The molecular formula is C18H17N5O5. The Morgan fingerprint density at radius 2 is 2.04 bits per heavy atom. The molecule has 10 nitrogen and oxygen atoms in total. The molecule has 2 aliphatic rings. The Labute approximate surface area is 159 Å². The number of rotatable bonds is 2. The van der Waals surface area contributed by atoms with Crippen LogP contribution in [0, 0.1) is 21.4 Å². The lowest BCUT2D eigenvalue weighted by atomic mass is 9.78.